The molecule has 0 atom stereocenters. The van der Waals surface area contributed by atoms with E-state index in [1.54, 1.807) is 12.1 Å². The number of hydrogen-bond acceptors (Lipinski definition) is 2. The summed E-state index contributed by atoms with van der Waals surface area (Å²) in [5.74, 6) is -0.184. The molecule has 2 N–H and O–H groups in total. The van der Waals surface area contributed by atoms with Gasteiger partial charge in [0.25, 0.3) is 0 Å². The van der Waals surface area contributed by atoms with Crippen LogP contribution in [0.2, 0.25) is 0 Å². The Kier molecular flexibility index (Phi) is 5.15. The summed E-state index contributed by atoms with van der Waals surface area (Å²) in [6.07, 6.45) is 0.420. The molecule has 1 aromatic carbocycles. The molecule has 92 valence electrons. The molecule has 0 aliphatic rings. The second-order valence-corrected chi connectivity index (χ2v) is 4.49. The molecular formula is C12H15BrN2O2. The number of nitrogens with one attached hydrogen (secondary N) is 2. The van der Waals surface area contributed by atoms with Gasteiger partial charge in [-0.15, -0.1) is 0 Å². The standard InChI is InChI=1S/C12H15BrN2O2/c1-8-3-4-10(14-9(2)16)7-11(8)15-12(17)5-6-13/h3-4,7H,5-6H2,1-2H3,(H,14,16)(H,15,17). The van der Waals surface area contributed by atoms with Gasteiger partial charge in [-0.2, -0.15) is 0 Å². The predicted octanol–water partition coefficient (Wildman–Crippen LogP) is 2.68. The van der Waals surface area contributed by atoms with E-state index in [4.69, 9.17) is 0 Å². The molecular weight excluding hydrogens is 284 g/mol. The molecule has 0 radical (unpaired) electrons. The van der Waals surface area contributed by atoms with Gasteiger partial charge < -0.3 is 10.6 Å². The van der Waals surface area contributed by atoms with Crippen LogP contribution in [0.25, 0.3) is 0 Å². The molecule has 0 saturated carbocycles. The number of carbonyl (C=O) groups excluding carboxylic acids is 2. The largest absolute Gasteiger partial charge is 0.326 e. The highest BCUT2D eigenvalue weighted by atomic mass is 79.9. The molecule has 0 heterocycles. The number of alkyl halides is 1. The third-order valence-electron chi connectivity index (χ3n) is 2.15. The molecule has 0 unspecified atom stereocenters. The second-order valence-electron chi connectivity index (χ2n) is 3.70. The van der Waals surface area contributed by atoms with Crippen LogP contribution in [0.4, 0.5) is 11.4 Å². The monoisotopic (exact) mass is 298 g/mol. The van der Waals surface area contributed by atoms with E-state index in [9.17, 15) is 9.59 Å². The maximum atomic E-state index is 11.5. The zero-order valence-electron chi connectivity index (χ0n) is 9.84. The molecule has 17 heavy (non-hydrogen) atoms. The van der Waals surface area contributed by atoms with Gasteiger partial charge in [0.15, 0.2) is 0 Å². The molecule has 0 aromatic heterocycles. The Hall–Kier alpha value is -1.36. The normalized spacial score (nSPS) is 9.82. The Labute approximate surface area is 109 Å². The SMILES string of the molecule is CC(=O)Nc1ccc(C)c(NC(=O)CCBr)c1. The smallest absolute Gasteiger partial charge is 0.225 e. The van der Waals surface area contributed by atoms with E-state index in [1.165, 1.54) is 6.92 Å². The first kappa shape index (κ1) is 13.7. The van der Waals surface area contributed by atoms with Crippen LogP contribution < -0.4 is 10.6 Å². The van der Waals surface area contributed by atoms with Crippen molar-refractivity contribution >= 4 is 39.1 Å². The van der Waals surface area contributed by atoms with Gasteiger partial charge in [-0.1, -0.05) is 22.0 Å². The third kappa shape index (κ3) is 4.56. The topological polar surface area (TPSA) is 58.2 Å². The minimum absolute atomic E-state index is 0.0510. The minimum atomic E-state index is -0.133. The Balaban J connectivity index is 2.83. The van der Waals surface area contributed by atoms with Crippen LogP contribution in [0.3, 0.4) is 0 Å². The summed E-state index contributed by atoms with van der Waals surface area (Å²) in [5.41, 5.74) is 2.36. The number of hydrogen-bond donors (Lipinski definition) is 2. The number of amides is 2. The van der Waals surface area contributed by atoms with Crippen LogP contribution in [-0.4, -0.2) is 17.1 Å². The summed E-state index contributed by atoms with van der Waals surface area (Å²) in [4.78, 5) is 22.4. The minimum Gasteiger partial charge on any atom is -0.326 e. The summed E-state index contributed by atoms with van der Waals surface area (Å²) < 4.78 is 0. The average molecular weight is 299 g/mol. The molecule has 5 heteroatoms. The predicted molar refractivity (Wildman–Crippen MR) is 72.5 cm³/mol. The highest BCUT2D eigenvalue weighted by Gasteiger charge is 2.05. The van der Waals surface area contributed by atoms with E-state index in [-0.39, 0.29) is 11.8 Å². The molecule has 1 aromatic rings. The lowest BCUT2D eigenvalue weighted by atomic mass is 10.1. The molecule has 0 fully saturated rings. The van der Waals surface area contributed by atoms with Crippen molar-refractivity contribution in [3.05, 3.63) is 23.8 Å². The number of aryl methyl sites for hydroxylation is 1. The van der Waals surface area contributed by atoms with Crippen molar-refractivity contribution in [1.82, 2.24) is 0 Å². The Bertz CT molecular complexity index is 433. The van der Waals surface area contributed by atoms with Gasteiger partial charge in [0.1, 0.15) is 0 Å². The van der Waals surface area contributed by atoms with Crippen LogP contribution in [0.1, 0.15) is 18.9 Å². The number of carbonyl (C=O) groups is 2. The third-order valence-corrected chi connectivity index (χ3v) is 2.55. The first-order chi connectivity index (χ1) is 8.02. The molecule has 4 nitrogen and oxygen atoms in total. The lowest BCUT2D eigenvalue weighted by Crippen LogP contribution is -2.13. The van der Waals surface area contributed by atoms with Crippen molar-refractivity contribution in [2.75, 3.05) is 16.0 Å². The maximum Gasteiger partial charge on any atom is 0.225 e. The van der Waals surface area contributed by atoms with Gasteiger partial charge in [-0.25, -0.2) is 0 Å². The van der Waals surface area contributed by atoms with Gasteiger partial charge in [-0.05, 0) is 24.6 Å². The van der Waals surface area contributed by atoms with E-state index < -0.39 is 0 Å². The van der Waals surface area contributed by atoms with Gasteiger partial charge in [0.2, 0.25) is 11.8 Å². The summed E-state index contributed by atoms with van der Waals surface area (Å²) in [5, 5.41) is 6.11. The van der Waals surface area contributed by atoms with Gasteiger partial charge in [0, 0.05) is 30.0 Å². The van der Waals surface area contributed by atoms with Crippen LogP contribution in [0, 0.1) is 6.92 Å². The van der Waals surface area contributed by atoms with Crippen molar-refractivity contribution in [3.8, 4) is 0 Å². The highest BCUT2D eigenvalue weighted by Crippen LogP contribution is 2.20. The molecule has 0 saturated heterocycles. The van der Waals surface area contributed by atoms with Crippen LogP contribution in [-0.2, 0) is 9.59 Å². The van der Waals surface area contributed by atoms with Crippen molar-refractivity contribution in [2.45, 2.75) is 20.3 Å². The van der Waals surface area contributed by atoms with Crippen molar-refractivity contribution in [2.24, 2.45) is 0 Å². The number of rotatable bonds is 4. The molecule has 0 aliphatic carbocycles. The molecule has 0 spiro atoms. The lowest BCUT2D eigenvalue weighted by molar-refractivity contribution is -0.116. The molecule has 0 aliphatic heterocycles. The van der Waals surface area contributed by atoms with Crippen LogP contribution >= 0.6 is 15.9 Å². The highest BCUT2D eigenvalue weighted by molar-refractivity contribution is 9.09. The Morgan fingerprint density at radius 1 is 1.29 bits per heavy atom. The maximum absolute atomic E-state index is 11.5. The average Bonchev–Trinajstić information content (AvgIpc) is 2.22. The summed E-state index contributed by atoms with van der Waals surface area (Å²) in [6.45, 7) is 3.35. The summed E-state index contributed by atoms with van der Waals surface area (Å²) >= 11 is 3.21. The van der Waals surface area contributed by atoms with Gasteiger partial charge in [-0.3, -0.25) is 9.59 Å². The number of anilines is 2. The van der Waals surface area contributed by atoms with Crippen molar-refractivity contribution in [3.63, 3.8) is 0 Å². The first-order valence-corrected chi connectivity index (χ1v) is 6.39. The number of halogens is 1. The van der Waals surface area contributed by atoms with E-state index in [1.807, 2.05) is 13.0 Å². The fourth-order valence-electron chi connectivity index (χ4n) is 1.34. The van der Waals surface area contributed by atoms with E-state index in [0.29, 0.717) is 17.4 Å². The zero-order chi connectivity index (χ0) is 12.8. The number of benzene rings is 1. The van der Waals surface area contributed by atoms with Crippen molar-refractivity contribution in [1.29, 1.82) is 0 Å². The van der Waals surface area contributed by atoms with Crippen LogP contribution in [0.5, 0.6) is 0 Å². The molecule has 1 rings (SSSR count). The van der Waals surface area contributed by atoms with Gasteiger partial charge in [0.05, 0.1) is 0 Å². The summed E-state index contributed by atoms with van der Waals surface area (Å²) in [7, 11) is 0. The fourth-order valence-corrected chi connectivity index (χ4v) is 1.70. The zero-order valence-corrected chi connectivity index (χ0v) is 11.4. The van der Waals surface area contributed by atoms with E-state index in [0.717, 1.165) is 11.3 Å². The van der Waals surface area contributed by atoms with E-state index >= 15 is 0 Å². The fraction of sp³-hybridized carbons (Fsp3) is 0.333. The Morgan fingerprint density at radius 3 is 2.59 bits per heavy atom. The quantitative estimate of drug-likeness (QED) is 0.840. The van der Waals surface area contributed by atoms with Crippen molar-refractivity contribution < 1.29 is 9.59 Å². The summed E-state index contributed by atoms with van der Waals surface area (Å²) in [6, 6.07) is 5.41. The van der Waals surface area contributed by atoms with Gasteiger partial charge >= 0.3 is 0 Å². The van der Waals surface area contributed by atoms with Crippen LogP contribution in [0.15, 0.2) is 18.2 Å². The first-order valence-electron chi connectivity index (χ1n) is 5.27. The Morgan fingerprint density at radius 2 is 2.00 bits per heavy atom. The second kappa shape index (κ2) is 6.39. The van der Waals surface area contributed by atoms with E-state index in [2.05, 4.69) is 26.6 Å². The molecule has 2 amide bonds. The lowest BCUT2D eigenvalue weighted by Gasteiger charge is -2.10. The molecule has 0 bridgehead atoms.